The van der Waals surface area contributed by atoms with Crippen molar-refractivity contribution in [2.45, 2.75) is 106 Å². The van der Waals surface area contributed by atoms with Gasteiger partial charge >= 0.3 is 10.1 Å². The second-order valence-corrected chi connectivity index (χ2v) is 18.4. The number of aryl methyl sites for hydroxylation is 1. The average molecular weight is 651 g/mol. The SMILES string of the molecule is Cc1ccc(S(=O)(=O)OS(c2ccc(OC(C)(C)C)cc2)(c2cccc(OC(C)(C)C)c2)c2cccc(OC(C)(C)C)c2)cc1. The van der Waals surface area contributed by atoms with E-state index in [4.69, 9.17) is 17.8 Å². The van der Waals surface area contributed by atoms with Crippen molar-refractivity contribution in [1.29, 1.82) is 0 Å². The lowest BCUT2D eigenvalue weighted by Crippen LogP contribution is -2.23. The maximum absolute atomic E-state index is 14.3. The van der Waals surface area contributed by atoms with Crippen LogP contribution in [0.5, 0.6) is 17.2 Å². The van der Waals surface area contributed by atoms with Crippen molar-refractivity contribution in [3.05, 3.63) is 103 Å². The van der Waals surface area contributed by atoms with Gasteiger partial charge in [-0.1, -0.05) is 29.8 Å². The lowest BCUT2D eigenvalue weighted by atomic mass is 10.2. The van der Waals surface area contributed by atoms with E-state index in [0.717, 1.165) is 5.56 Å². The minimum absolute atomic E-state index is 0.0712. The zero-order valence-electron chi connectivity index (χ0n) is 28.0. The van der Waals surface area contributed by atoms with Crippen LogP contribution in [0.25, 0.3) is 0 Å². The molecule has 6 nitrogen and oxygen atoms in total. The maximum Gasteiger partial charge on any atom is 0.307 e. The van der Waals surface area contributed by atoms with Crippen molar-refractivity contribution in [2.24, 2.45) is 0 Å². The molecule has 0 bridgehead atoms. The summed E-state index contributed by atoms with van der Waals surface area (Å²) in [5.74, 6) is 1.86. The highest BCUT2D eigenvalue weighted by Gasteiger charge is 2.39. The smallest absolute Gasteiger partial charge is 0.307 e. The van der Waals surface area contributed by atoms with Crippen molar-refractivity contribution in [1.82, 2.24) is 0 Å². The van der Waals surface area contributed by atoms with Crippen LogP contribution in [0.15, 0.2) is 117 Å². The van der Waals surface area contributed by atoms with Gasteiger partial charge in [-0.05, 0) is 152 Å². The Labute approximate surface area is 271 Å². The molecule has 0 aromatic heterocycles. The summed E-state index contributed by atoms with van der Waals surface area (Å²) in [6.07, 6.45) is 0. The van der Waals surface area contributed by atoms with E-state index in [0.29, 0.717) is 31.9 Å². The van der Waals surface area contributed by atoms with Crippen LogP contribution in [0, 0.1) is 6.92 Å². The number of rotatable bonds is 9. The Bertz CT molecular complexity index is 1650. The van der Waals surface area contributed by atoms with Gasteiger partial charge in [0.15, 0.2) is 0 Å². The van der Waals surface area contributed by atoms with Gasteiger partial charge in [0.2, 0.25) is 0 Å². The van der Waals surface area contributed by atoms with Gasteiger partial charge in [-0.3, -0.25) is 0 Å². The Balaban J connectivity index is 2.05. The summed E-state index contributed by atoms with van der Waals surface area (Å²) in [7, 11) is -7.26. The molecule has 0 N–H and O–H groups in total. The predicted molar refractivity (Wildman–Crippen MR) is 182 cm³/mol. The molecule has 0 saturated carbocycles. The van der Waals surface area contributed by atoms with Crippen molar-refractivity contribution >= 4 is 20.4 Å². The van der Waals surface area contributed by atoms with Gasteiger partial charge < -0.3 is 14.2 Å². The zero-order chi connectivity index (χ0) is 33.3. The monoisotopic (exact) mass is 650 g/mol. The molecule has 0 aliphatic heterocycles. The van der Waals surface area contributed by atoms with Gasteiger partial charge in [-0.2, -0.15) is 8.42 Å². The summed E-state index contributed by atoms with van der Waals surface area (Å²) < 4.78 is 53.8. The fourth-order valence-corrected chi connectivity index (χ4v) is 9.84. The third-order valence-electron chi connectivity index (χ3n) is 6.20. The van der Waals surface area contributed by atoms with Gasteiger partial charge in [0.1, 0.15) is 34.1 Å². The molecule has 0 unspecified atom stereocenters. The second-order valence-electron chi connectivity index (χ2n) is 14.0. The first kappa shape index (κ1) is 34.4. The first-order chi connectivity index (χ1) is 20.8. The van der Waals surface area contributed by atoms with Gasteiger partial charge in [0, 0.05) is 14.7 Å². The second kappa shape index (κ2) is 12.7. The summed E-state index contributed by atoms with van der Waals surface area (Å²) >= 11 is 0. The highest BCUT2D eigenvalue weighted by atomic mass is 32.3. The van der Waals surface area contributed by atoms with E-state index in [1.54, 1.807) is 24.3 Å². The van der Waals surface area contributed by atoms with E-state index in [9.17, 15) is 8.42 Å². The first-order valence-electron chi connectivity index (χ1n) is 15.0. The molecule has 0 aliphatic carbocycles. The van der Waals surface area contributed by atoms with Crippen molar-refractivity contribution < 1.29 is 26.3 Å². The fourth-order valence-electron chi connectivity index (χ4n) is 4.60. The minimum atomic E-state index is -4.29. The van der Waals surface area contributed by atoms with Crippen molar-refractivity contribution in [2.75, 3.05) is 0 Å². The first-order valence-corrected chi connectivity index (χ1v) is 18.0. The molecular formula is C37H46O6S2. The lowest BCUT2D eigenvalue weighted by Gasteiger charge is -2.40. The molecule has 0 radical (unpaired) electrons. The molecule has 0 atom stereocenters. The molecule has 45 heavy (non-hydrogen) atoms. The van der Waals surface area contributed by atoms with E-state index in [-0.39, 0.29) is 4.90 Å². The van der Waals surface area contributed by atoms with Crippen LogP contribution < -0.4 is 14.2 Å². The molecule has 4 aromatic rings. The molecule has 8 heteroatoms. The number of benzene rings is 4. The van der Waals surface area contributed by atoms with Crippen molar-refractivity contribution in [3.63, 3.8) is 0 Å². The standard InChI is InChI=1S/C37H46O6S2/c1-27-17-21-32(22-18-27)45(38,39)43-44(31-23-19-28(20-24-31)40-35(2,3)4,33-15-11-13-29(25-33)41-36(5,6)7)34-16-12-14-30(26-34)42-37(8,9)10/h11-26H,1-10H3. The largest absolute Gasteiger partial charge is 0.488 e. The van der Waals surface area contributed by atoms with Crippen LogP contribution in [0.2, 0.25) is 0 Å². The minimum Gasteiger partial charge on any atom is -0.488 e. The van der Waals surface area contributed by atoms with Crippen LogP contribution in [0.1, 0.15) is 67.9 Å². The van der Waals surface area contributed by atoms with E-state index in [1.807, 2.05) is 142 Å². The van der Waals surface area contributed by atoms with E-state index in [1.165, 1.54) is 0 Å². The summed E-state index contributed by atoms with van der Waals surface area (Å²) in [5.41, 5.74) is -0.412. The molecular weight excluding hydrogens is 605 g/mol. The Morgan fingerprint density at radius 3 is 1.29 bits per heavy atom. The molecule has 0 aliphatic rings. The molecule has 0 spiro atoms. The third-order valence-corrected chi connectivity index (χ3v) is 11.4. The van der Waals surface area contributed by atoms with E-state index < -0.39 is 37.2 Å². The highest BCUT2D eigenvalue weighted by molar-refractivity contribution is 8.33. The normalized spacial score (nSPS) is 13.3. The Hall–Kier alpha value is -3.46. The summed E-state index contributed by atoms with van der Waals surface area (Å²) in [4.78, 5) is 2.04. The molecule has 4 aromatic carbocycles. The molecule has 0 heterocycles. The lowest BCUT2D eigenvalue weighted by molar-refractivity contribution is 0.130. The number of hydrogen-bond donors (Lipinski definition) is 0. The van der Waals surface area contributed by atoms with Gasteiger partial charge in [-0.25, -0.2) is 3.63 Å². The van der Waals surface area contributed by atoms with Crippen molar-refractivity contribution in [3.8, 4) is 17.2 Å². The number of ether oxygens (including phenoxy) is 3. The quantitative estimate of drug-likeness (QED) is 0.180. The number of hydrogen-bond acceptors (Lipinski definition) is 6. The summed E-state index contributed by atoms with van der Waals surface area (Å²) in [6, 6.07) is 29.2. The zero-order valence-corrected chi connectivity index (χ0v) is 29.6. The Kier molecular flexibility index (Phi) is 9.74. The van der Waals surface area contributed by atoms with E-state index in [2.05, 4.69) is 0 Å². The Morgan fingerprint density at radius 2 is 0.867 bits per heavy atom. The summed E-state index contributed by atoms with van der Waals surface area (Å²) in [6.45, 7) is 19.7. The van der Waals surface area contributed by atoms with E-state index >= 15 is 0 Å². The van der Waals surface area contributed by atoms with Crippen LogP contribution >= 0.6 is 10.3 Å². The highest BCUT2D eigenvalue weighted by Crippen LogP contribution is 2.71. The van der Waals surface area contributed by atoms with Crippen LogP contribution in [-0.2, 0) is 13.7 Å². The van der Waals surface area contributed by atoms with Gasteiger partial charge in [0.25, 0.3) is 0 Å². The van der Waals surface area contributed by atoms with Gasteiger partial charge in [0.05, 0.1) is 4.90 Å². The summed E-state index contributed by atoms with van der Waals surface area (Å²) in [5, 5.41) is 0. The molecule has 0 saturated heterocycles. The topological polar surface area (TPSA) is 71.1 Å². The Morgan fingerprint density at radius 1 is 0.467 bits per heavy atom. The predicted octanol–water partition coefficient (Wildman–Crippen LogP) is 10.1. The molecule has 4 rings (SSSR count). The average Bonchev–Trinajstić information content (AvgIpc) is 2.90. The van der Waals surface area contributed by atoms with Crippen LogP contribution in [0.4, 0.5) is 0 Å². The molecule has 0 fully saturated rings. The third kappa shape index (κ3) is 9.06. The molecule has 0 amide bonds. The maximum atomic E-state index is 14.3. The van der Waals surface area contributed by atoms with Crippen LogP contribution in [-0.4, -0.2) is 25.2 Å². The van der Waals surface area contributed by atoms with Gasteiger partial charge in [-0.15, -0.1) is 0 Å². The fraction of sp³-hybridized carbons (Fsp3) is 0.351. The molecule has 242 valence electrons. The van der Waals surface area contributed by atoms with Crippen LogP contribution in [0.3, 0.4) is 0 Å².